The lowest BCUT2D eigenvalue weighted by molar-refractivity contribution is -0.398. The molecule has 3 saturated carbocycles. The monoisotopic (exact) mass is 1240 g/mol. The van der Waals surface area contributed by atoms with E-state index in [1.165, 1.54) is 20.8 Å². The van der Waals surface area contributed by atoms with E-state index in [9.17, 15) is 84.1 Å². The van der Waals surface area contributed by atoms with Crippen molar-refractivity contribution in [3.63, 3.8) is 0 Å². The van der Waals surface area contributed by atoms with Crippen LogP contribution in [-0.4, -0.2) is 264 Å². The number of carbonyl (C=O) groups excluding carboxylic acids is 1. The minimum Gasteiger partial charge on any atom is -0.394 e. The number of ketones is 1. The molecule has 5 saturated heterocycles. The molecule has 0 aromatic heterocycles. The van der Waals surface area contributed by atoms with Crippen molar-refractivity contribution >= 4 is 16.2 Å². The van der Waals surface area contributed by atoms with Crippen LogP contribution in [0.4, 0.5) is 0 Å². The van der Waals surface area contributed by atoms with Crippen molar-refractivity contribution in [2.45, 2.75) is 278 Å². The van der Waals surface area contributed by atoms with Crippen molar-refractivity contribution in [2.75, 3.05) is 13.2 Å². The van der Waals surface area contributed by atoms with Crippen LogP contribution in [0.25, 0.3) is 0 Å². The first kappa shape index (κ1) is 67.7. The summed E-state index contributed by atoms with van der Waals surface area (Å²) in [5, 5.41) is 145. The van der Waals surface area contributed by atoms with E-state index in [4.69, 9.17) is 51.6 Å². The number of rotatable bonds is 18. The minimum atomic E-state index is -4.88. The lowest BCUT2D eigenvalue weighted by Crippen LogP contribution is -2.67. The predicted octanol–water partition coefficient (Wildman–Crippen LogP) is -2.68. The van der Waals surface area contributed by atoms with Gasteiger partial charge in [-0.05, 0) is 113 Å². The number of hydrogen-bond acceptors (Lipinski definition) is 27. The third-order valence-corrected chi connectivity index (χ3v) is 20.8. The Bertz CT molecular complexity index is 2420. The van der Waals surface area contributed by atoms with Crippen molar-refractivity contribution in [1.82, 2.24) is 0 Å². The van der Waals surface area contributed by atoms with Gasteiger partial charge in [0.05, 0.1) is 49.3 Å². The summed E-state index contributed by atoms with van der Waals surface area (Å²) >= 11 is 0. The summed E-state index contributed by atoms with van der Waals surface area (Å²) in [7, 11) is -4.88. The highest BCUT2D eigenvalue weighted by atomic mass is 32.3. The van der Waals surface area contributed by atoms with Crippen LogP contribution in [0.2, 0.25) is 0 Å². The molecule has 29 heteroatoms. The van der Waals surface area contributed by atoms with E-state index < -0.39 is 206 Å². The second-order valence-corrected chi connectivity index (χ2v) is 27.7. The van der Waals surface area contributed by atoms with E-state index in [0.29, 0.717) is 32.1 Å². The Balaban J connectivity index is 0.982. The zero-order chi connectivity index (χ0) is 62.3. The van der Waals surface area contributed by atoms with Gasteiger partial charge in [-0.3, -0.25) is 9.35 Å². The molecule has 5 aliphatic heterocycles. The van der Waals surface area contributed by atoms with Gasteiger partial charge in [0.1, 0.15) is 103 Å². The summed E-state index contributed by atoms with van der Waals surface area (Å²) in [6, 6.07) is 0. The average molecular weight is 1250 g/mol. The van der Waals surface area contributed by atoms with Crippen LogP contribution in [0, 0.1) is 40.4 Å². The molecule has 0 radical (unpaired) electrons. The van der Waals surface area contributed by atoms with Crippen molar-refractivity contribution in [1.29, 1.82) is 0 Å². The zero-order valence-electron chi connectivity index (χ0n) is 49.1. The van der Waals surface area contributed by atoms with Crippen molar-refractivity contribution < 1.29 is 136 Å². The fourth-order valence-corrected chi connectivity index (χ4v) is 16.3. The number of hydrogen-bond donors (Lipinski definition) is 14. The Kier molecular flexibility index (Phi) is 20.8. The first-order valence-corrected chi connectivity index (χ1v) is 31.3. The Morgan fingerprint density at radius 3 is 1.78 bits per heavy atom. The molecule has 0 bridgehead atoms. The van der Waals surface area contributed by atoms with E-state index >= 15 is 0 Å². The fourth-order valence-electron chi connectivity index (χ4n) is 15.8. The smallest absolute Gasteiger partial charge is 0.394 e. The molecule has 85 heavy (non-hydrogen) atoms. The highest BCUT2D eigenvalue weighted by molar-refractivity contribution is 7.80. The third kappa shape index (κ3) is 13.5. The SMILES string of the molecule is CC(C)CC(=O)C[C@](C)(O)[C@H]1CC[C@H]2[C@@H]3C[C@H](O[C@@H]4O[C@H](C)[C@@H](O)[C@H](O[C@@H]5OC[C@@H](O[C@@H]6O[C@H](CO)[C@H](O)[C@H](O)[C@H]6O[C@@H]6O[C@H](C)[C@H](O)[C@H](O)[C@H]6O)[C@H](O)[C@H]5O[C@@H]5O[C@H](C)[C@@H](O)[C@H](O)[C@H]5O)[C@H]4O)C4C[C@@H](OS(=O)(=O)O)CC[C@]4(C)C3=CC[C@@]21C. The maximum atomic E-state index is 13.2. The summed E-state index contributed by atoms with van der Waals surface area (Å²) in [5.41, 5.74) is -1.26. The van der Waals surface area contributed by atoms with Crippen molar-refractivity contribution in [3.05, 3.63) is 11.6 Å². The molecule has 9 aliphatic rings. The third-order valence-electron chi connectivity index (χ3n) is 20.3. The molecule has 0 spiro atoms. The van der Waals surface area contributed by atoms with E-state index in [1.807, 2.05) is 13.8 Å². The molecule has 14 N–H and O–H groups in total. The number of allylic oxidation sites excluding steroid dienone is 2. The van der Waals surface area contributed by atoms with Gasteiger partial charge in [0.25, 0.3) is 0 Å². The van der Waals surface area contributed by atoms with Crippen LogP contribution in [0.3, 0.4) is 0 Å². The topological polar surface area (TPSA) is 436 Å². The maximum absolute atomic E-state index is 13.2. The van der Waals surface area contributed by atoms with Gasteiger partial charge in [-0.25, -0.2) is 4.18 Å². The van der Waals surface area contributed by atoms with Gasteiger partial charge in [-0.1, -0.05) is 39.3 Å². The summed E-state index contributed by atoms with van der Waals surface area (Å²) < 4.78 is 100. The van der Waals surface area contributed by atoms with Gasteiger partial charge in [0.2, 0.25) is 0 Å². The molecule has 1 unspecified atom stereocenters. The molecule has 0 aromatic rings. The van der Waals surface area contributed by atoms with Crippen LogP contribution in [0.5, 0.6) is 0 Å². The van der Waals surface area contributed by atoms with Gasteiger partial charge in [0.15, 0.2) is 31.5 Å². The van der Waals surface area contributed by atoms with E-state index in [0.717, 1.165) is 12.0 Å². The fraction of sp³-hybridized carbons (Fsp3) is 0.946. The van der Waals surface area contributed by atoms with Crippen LogP contribution in [0.15, 0.2) is 11.6 Å². The average Bonchev–Trinajstić information content (AvgIpc) is 1.71. The van der Waals surface area contributed by atoms with Gasteiger partial charge >= 0.3 is 10.4 Å². The highest BCUT2D eigenvalue weighted by Gasteiger charge is 2.64. The predicted molar refractivity (Wildman–Crippen MR) is 286 cm³/mol. The van der Waals surface area contributed by atoms with Crippen LogP contribution in [0.1, 0.15) is 113 Å². The number of carbonyl (C=O) groups is 1. The van der Waals surface area contributed by atoms with Gasteiger partial charge in [0, 0.05) is 12.8 Å². The number of Topliss-reactive ketones (excluding diaryl/α,β-unsaturated/α-hetero) is 1. The lowest BCUT2D eigenvalue weighted by Gasteiger charge is -2.60. The van der Waals surface area contributed by atoms with Crippen LogP contribution < -0.4 is 0 Å². The Hall–Kier alpha value is -1.64. The van der Waals surface area contributed by atoms with Crippen LogP contribution in [-0.2, 0) is 66.7 Å². The maximum Gasteiger partial charge on any atom is 0.397 e. The second-order valence-electron chi connectivity index (χ2n) is 26.7. The lowest BCUT2D eigenvalue weighted by atomic mass is 9.47. The first-order valence-electron chi connectivity index (χ1n) is 29.9. The Morgan fingerprint density at radius 2 is 1.20 bits per heavy atom. The van der Waals surface area contributed by atoms with Crippen molar-refractivity contribution in [2.24, 2.45) is 40.4 Å². The Labute approximate surface area is 494 Å². The van der Waals surface area contributed by atoms with Gasteiger partial charge in [-0.15, -0.1) is 0 Å². The summed E-state index contributed by atoms with van der Waals surface area (Å²) in [6.45, 7) is 12.6. The molecule has 490 valence electrons. The molecule has 0 aromatic carbocycles. The van der Waals surface area contributed by atoms with Crippen molar-refractivity contribution in [3.8, 4) is 0 Å². The molecule has 4 aliphatic carbocycles. The zero-order valence-corrected chi connectivity index (χ0v) is 50.0. The molecule has 0 amide bonds. The number of fused-ring (bicyclic) bond motifs is 5. The quantitative estimate of drug-likeness (QED) is 0.0491. The molecular formula is C56H92O28S. The summed E-state index contributed by atoms with van der Waals surface area (Å²) in [4.78, 5) is 13.2. The second kappa shape index (κ2) is 26.2. The Morgan fingerprint density at radius 1 is 0.647 bits per heavy atom. The minimum absolute atomic E-state index is 0.00462. The molecule has 8 fully saturated rings. The summed E-state index contributed by atoms with van der Waals surface area (Å²) in [5.74, 6) is -0.799. The van der Waals surface area contributed by atoms with E-state index in [1.54, 1.807) is 6.92 Å². The van der Waals surface area contributed by atoms with E-state index in [2.05, 4.69) is 19.9 Å². The number of aliphatic hydroxyl groups excluding tert-OH is 12. The molecular weight excluding hydrogens is 1150 g/mol. The first-order chi connectivity index (χ1) is 39.7. The van der Waals surface area contributed by atoms with Gasteiger partial charge < -0.3 is 114 Å². The van der Waals surface area contributed by atoms with Crippen LogP contribution >= 0.6 is 0 Å². The standard InChI is InChI=1S/C56H92O28S/c1-21(2)15-25(58)18-56(8,70)34-10-9-28-27-17-31(30-16-26(84-85(71,72)73)11-13-54(30,6)29(27)12-14-55(28,34)7)78-51-45(69)46(37(61)24(5)77-51)81-52-47(82-49-43(67)40(64)35(59)22(3)75-49)39(63)33(20-74-52)80-53-48(42(66)38(62)32(19-57)79-53)83-50-44(68)41(65)36(60)23(4)76-50/h12,21-24,26-28,30-53,57,59-70H,9-11,13-20H2,1-8H3,(H,71,72,73)/t22-,23-,24-,26+,27+,28+,30?,31+,32-,33-,34+,35-,36+,37-,38+,39+,40+,41+,42+,43-,44-,45-,46+,47-,48-,49+,50+,51+,52+,53+,54-,55+,56+/m1/s1. The van der Waals surface area contributed by atoms with Gasteiger partial charge in [-0.2, -0.15) is 8.42 Å². The largest absolute Gasteiger partial charge is 0.397 e. The summed E-state index contributed by atoms with van der Waals surface area (Å²) in [6.07, 6.45) is -37.1. The highest BCUT2D eigenvalue weighted by Crippen LogP contribution is 2.67. The van der Waals surface area contributed by atoms with E-state index in [-0.39, 0.29) is 48.7 Å². The molecule has 9 rings (SSSR count). The number of ether oxygens (including phenoxy) is 10. The normalized spacial score (nSPS) is 51.3. The molecule has 33 atom stereocenters. The molecule has 28 nitrogen and oxygen atoms in total. The number of aliphatic hydroxyl groups is 13. The molecule has 5 heterocycles.